The molecule has 4 nitrogen and oxygen atoms in total. The van der Waals surface area contributed by atoms with Crippen molar-refractivity contribution in [2.24, 2.45) is 11.8 Å². The van der Waals surface area contributed by atoms with E-state index in [2.05, 4.69) is 19.2 Å². The summed E-state index contributed by atoms with van der Waals surface area (Å²) in [5, 5.41) is 2.92. The second-order valence-corrected chi connectivity index (χ2v) is 6.61. The lowest BCUT2D eigenvalue weighted by molar-refractivity contribution is -0.150. The molecule has 1 N–H and O–H groups in total. The van der Waals surface area contributed by atoms with E-state index >= 15 is 0 Å². The van der Waals surface area contributed by atoms with Crippen molar-refractivity contribution >= 4 is 23.4 Å². The Hall–Kier alpha value is -1.03. The van der Waals surface area contributed by atoms with Gasteiger partial charge in [-0.2, -0.15) is 0 Å². The van der Waals surface area contributed by atoms with Gasteiger partial charge >= 0.3 is 0 Å². The van der Waals surface area contributed by atoms with Crippen LogP contribution in [-0.4, -0.2) is 35.3 Å². The third-order valence-corrected chi connectivity index (χ3v) is 4.29. The molecule has 0 aromatic carbocycles. The summed E-state index contributed by atoms with van der Waals surface area (Å²) in [5.74, 6) is 0.723. The number of nitrogens with one attached hydrogen (secondary N) is 1. The van der Waals surface area contributed by atoms with Crippen LogP contribution in [0.25, 0.3) is 0 Å². The minimum Gasteiger partial charge on any atom is -0.342 e. The molecule has 1 heterocycles. The predicted molar refractivity (Wildman–Crippen MR) is 79.2 cm³/mol. The summed E-state index contributed by atoms with van der Waals surface area (Å²) >= 11 is 5.72. The molecule has 2 aliphatic rings. The molecule has 2 unspecified atom stereocenters. The highest BCUT2D eigenvalue weighted by Gasteiger charge is 2.46. The molecule has 2 amide bonds. The number of piperazine rings is 1. The quantitative estimate of drug-likeness (QED) is 0.846. The number of carbonyl (C=O) groups excluding carboxylic acids is 2. The molecule has 2 atom stereocenters. The summed E-state index contributed by atoms with van der Waals surface area (Å²) in [5.41, 5.74) is 2.39. The van der Waals surface area contributed by atoms with E-state index < -0.39 is 0 Å². The number of carbonyl (C=O) groups is 2. The number of nitrogens with zero attached hydrogens (tertiary/aromatic N) is 1. The SMILES string of the molecule is CC(=CCl)CN1C(=O)C(C2CC2)NC(=O)C1CC(C)C. The largest absolute Gasteiger partial charge is 0.342 e. The summed E-state index contributed by atoms with van der Waals surface area (Å²) in [6, 6.07) is -0.696. The zero-order valence-corrected chi connectivity index (χ0v) is 13.1. The molecule has 1 aliphatic carbocycles. The van der Waals surface area contributed by atoms with Crippen LogP contribution in [0.4, 0.5) is 0 Å². The first-order valence-corrected chi connectivity index (χ1v) is 7.74. The highest BCUT2D eigenvalue weighted by atomic mass is 35.5. The van der Waals surface area contributed by atoms with Crippen molar-refractivity contribution in [1.82, 2.24) is 10.2 Å². The van der Waals surface area contributed by atoms with Gasteiger partial charge in [0.2, 0.25) is 11.8 Å². The van der Waals surface area contributed by atoms with Gasteiger partial charge in [-0.15, -0.1) is 0 Å². The van der Waals surface area contributed by atoms with Gasteiger partial charge in [-0.25, -0.2) is 0 Å². The van der Waals surface area contributed by atoms with Crippen molar-refractivity contribution in [2.45, 2.75) is 52.1 Å². The van der Waals surface area contributed by atoms with Crippen molar-refractivity contribution in [3.8, 4) is 0 Å². The van der Waals surface area contributed by atoms with Crippen LogP contribution in [0.3, 0.4) is 0 Å². The standard InChI is InChI=1S/C15H23ClN2O2/c1-9(2)6-12-14(19)17-13(11-4-5-11)15(20)18(12)8-10(3)7-16/h7,9,11-13H,4-6,8H2,1-3H3,(H,17,19). The first kappa shape index (κ1) is 15.4. The normalized spacial score (nSPS) is 28.1. The Morgan fingerprint density at radius 2 is 2.10 bits per heavy atom. The second kappa shape index (κ2) is 6.17. The second-order valence-electron chi connectivity index (χ2n) is 6.39. The molecule has 112 valence electrons. The minimum atomic E-state index is -0.371. The smallest absolute Gasteiger partial charge is 0.246 e. The Balaban J connectivity index is 2.20. The van der Waals surface area contributed by atoms with Crippen molar-refractivity contribution in [1.29, 1.82) is 0 Å². The maximum Gasteiger partial charge on any atom is 0.246 e. The fraction of sp³-hybridized carbons (Fsp3) is 0.733. The molecule has 1 saturated heterocycles. The fourth-order valence-corrected chi connectivity index (χ4v) is 2.78. The molecule has 0 spiro atoms. The number of halogens is 1. The number of hydrogen-bond donors (Lipinski definition) is 1. The zero-order chi connectivity index (χ0) is 14.9. The van der Waals surface area contributed by atoms with Crippen molar-refractivity contribution in [2.75, 3.05) is 6.54 Å². The Kier molecular flexibility index (Phi) is 4.74. The summed E-state index contributed by atoms with van der Waals surface area (Å²) in [7, 11) is 0. The number of amides is 2. The van der Waals surface area contributed by atoms with E-state index in [1.807, 2.05) is 6.92 Å². The van der Waals surface area contributed by atoms with Crippen LogP contribution in [-0.2, 0) is 9.59 Å². The first-order chi connectivity index (χ1) is 9.43. The summed E-state index contributed by atoms with van der Waals surface area (Å²) in [6.45, 7) is 6.45. The van der Waals surface area contributed by atoms with E-state index in [0.29, 0.717) is 24.8 Å². The van der Waals surface area contributed by atoms with Gasteiger partial charge < -0.3 is 10.2 Å². The molecule has 1 saturated carbocycles. The van der Waals surface area contributed by atoms with Crippen LogP contribution in [0.2, 0.25) is 0 Å². The Bertz CT molecular complexity index is 430. The van der Waals surface area contributed by atoms with Crippen molar-refractivity contribution in [3.05, 3.63) is 11.1 Å². The van der Waals surface area contributed by atoms with Gasteiger partial charge in [0.25, 0.3) is 0 Å². The maximum absolute atomic E-state index is 12.6. The Morgan fingerprint density at radius 1 is 1.45 bits per heavy atom. The molecule has 2 fully saturated rings. The zero-order valence-electron chi connectivity index (χ0n) is 12.4. The third kappa shape index (κ3) is 3.35. The molecule has 0 aromatic rings. The van der Waals surface area contributed by atoms with Gasteiger partial charge in [-0.3, -0.25) is 9.59 Å². The number of hydrogen-bond acceptors (Lipinski definition) is 2. The average molecular weight is 299 g/mol. The molecule has 0 radical (unpaired) electrons. The van der Waals surface area contributed by atoms with Crippen LogP contribution in [0.1, 0.15) is 40.0 Å². The van der Waals surface area contributed by atoms with Crippen LogP contribution < -0.4 is 5.32 Å². The van der Waals surface area contributed by atoms with Gasteiger partial charge in [-0.05, 0) is 43.6 Å². The molecule has 2 rings (SSSR count). The minimum absolute atomic E-state index is 0.0161. The molecule has 0 bridgehead atoms. The summed E-state index contributed by atoms with van der Waals surface area (Å²) < 4.78 is 0. The van der Waals surface area contributed by atoms with Gasteiger partial charge in [0.15, 0.2) is 0 Å². The van der Waals surface area contributed by atoms with E-state index in [1.54, 1.807) is 4.90 Å². The van der Waals surface area contributed by atoms with Crippen LogP contribution in [0.15, 0.2) is 11.1 Å². The van der Waals surface area contributed by atoms with Crippen LogP contribution in [0.5, 0.6) is 0 Å². The van der Waals surface area contributed by atoms with Crippen molar-refractivity contribution < 1.29 is 9.59 Å². The summed E-state index contributed by atoms with van der Waals surface area (Å²) in [6.07, 6.45) is 2.75. The Morgan fingerprint density at radius 3 is 2.60 bits per heavy atom. The fourth-order valence-electron chi connectivity index (χ4n) is 2.71. The summed E-state index contributed by atoms with van der Waals surface area (Å²) in [4.78, 5) is 26.7. The number of rotatable bonds is 5. The van der Waals surface area contributed by atoms with Gasteiger partial charge in [0.05, 0.1) is 0 Å². The van der Waals surface area contributed by atoms with Gasteiger partial charge in [-0.1, -0.05) is 25.4 Å². The lowest BCUT2D eigenvalue weighted by Gasteiger charge is -2.40. The van der Waals surface area contributed by atoms with Crippen molar-refractivity contribution in [3.63, 3.8) is 0 Å². The van der Waals surface area contributed by atoms with E-state index in [-0.39, 0.29) is 23.9 Å². The first-order valence-electron chi connectivity index (χ1n) is 7.30. The molecule has 20 heavy (non-hydrogen) atoms. The van der Waals surface area contributed by atoms with E-state index in [4.69, 9.17) is 11.6 Å². The monoisotopic (exact) mass is 298 g/mol. The van der Waals surface area contributed by atoms with E-state index in [0.717, 1.165) is 18.4 Å². The molecule has 1 aliphatic heterocycles. The lowest BCUT2D eigenvalue weighted by atomic mass is 9.96. The van der Waals surface area contributed by atoms with Gasteiger partial charge in [0, 0.05) is 12.1 Å². The third-order valence-electron chi connectivity index (χ3n) is 3.92. The molecule has 0 aromatic heterocycles. The average Bonchev–Trinajstić information content (AvgIpc) is 3.21. The van der Waals surface area contributed by atoms with Crippen LogP contribution >= 0.6 is 11.6 Å². The van der Waals surface area contributed by atoms with E-state index in [1.165, 1.54) is 5.54 Å². The molecular weight excluding hydrogens is 276 g/mol. The molecule has 5 heteroatoms. The predicted octanol–water partition coefficient (Wildman–Crippen LogP) is 2.28. The topological polar surface area (TPSA) is 49.4 Å². The van der Waals surface area contributed by atoms with Crippen LogP contribution in [0, 0.1) is 11.8 Å². The highest BCUT2D eigenvalue weighted by molar-refractivity contribution is 6.25. The maximum atomic E-state index is 12.6. The lowest BCUT2D eigenvalue weighted by Crippen LogP contribution is -2.64. The highest BCUT2D eigenvalue weighted by Crippen LogP contribution is 2.35. The van der Waals surface area contributed by atoms with Gasteiger partial charge in [0.1, 0.15) is 12.1 Å². The molecular formula is C15H23ClN2O2. The Labute approximate surface area is 125 Å². The van der Waals surface area contributed by atoms with E-state index in [9.17, 15) is 9.59 Å².